The first kappa shape index (κ1) is 17.4. The van der Waals surface area contributed by atoms with Crippen LogP contribution in [0, 0.1) is 17.8 Å². The van der Waals surface area contributed by atoms with Crippen molar-refractivity contribution in [3.05, 3.63) is 0 Å². The van der Waals surface area contributed by atoms with E-state index in [0.29, 0.717) is 30.9 Å². The largest absolute Gasteiger partial charge is 0.379 e. The fraction of sp³-hybridized carbons (Fsp3) is 0.938. The standard InChI is InChI=1S/C16H32N2O2/c1-7-13(6)14-16(19)18(15(17-14)12(4)5)8-9-20-10-11(2)3/h11-15,17H,7-10H2,1-6H3. The van der Waals surface area contributed by atoms with Gasteiger partial charge in [-0.3, -0.25) is 10.1 Å². The molecule has 1 aliphatic heterocycles. The summed E-state index contributed by atoms with van der Waals surface area (Å²) in [6.07, 6.45) is 1.16. The molecule has 0 spiro atoms. The summed E-state index contributed by atoms with van der Waals surface area (Å²) in [5.41, 5.74) is 0. The van der Waals surface area contributed by atoms with E-state index in [1.165, 1.54) is 0 Å². The van der Waals surface area contributed by atoms with Crippen LogP contribution in [0.3, 0.4) is 0 Å². The molecule has 1 saturated heterocycles. The summed E-state index contributed by atoms with van der Waals surface area (Å²) in [5.74, 6) is 1.57. The number of hydrogen-bond acceptors (Lipinski definition) is 3. The Morgan fingerprint density at radius 3 is 2.40 bits per heavy atom. The van der Waals surface area contributed by atoms with Gasteiger partial charge in [0.25, 0.3) is 0 Å². The van der Waals surface area contributed by atoms with E-state index in [2.05, 4.69) is 46.9 Å². The van der Waals surface area contributed by atoms with Crippen LogP contribution >= 0.6 is 0 Å². The first-order valence-electron chi connectivity index (χ1n) is 8.02. The quantitative estimate of drug-likeness (QED) is 0.696. The van der Waals surface area contributed by atoms with Crippen LogP contribution in [0.1, 0.15) is 48.0 Å². The molecule has 1 rings (SSSR count). The molecule has 0 aromatic heterocycles. The van der Waals surface area contributed by atoms with Crippen LogP contribution in [0.25, 0.3) is 0 Å². The molecule has 20 heavy (non-hydrogen) atoms. The van der Waals surface area contributed by atoms with Gasteiger partial charge in [0, 0.05) is 13.2 Å². The van der Waals surface area contributed by atoms with E-state index >= 15 is 0 Å². The lowest BCUT2D eigenvalue weighted by Gasteiger charge is -2.27. The van der Waals surface area contributed by atoms with Gasteiger partial charge in [-0.1, -0.05) is 48.0 Å². The van der Waals surface area contributed by atoms with Crippen molar-refractivity contribution >= 4 is 5.91 Å². The number of carbonyl (C=O) groups is 1. The first-order chi connectivity index (χ1) is 9.38. The molecule has 1 heterocycles. The Hall–Kier alpha value is -0.610. The highest BCUT2D eigenvalue weighted by molar-refractivity contribution is 5.84. The van der Waals surface area contributed by atoms with E-state index in [4.69, 9.17) is 4.74 Å². The third-order valence-corrected chi connectivity index (χ3v) is 4.01. The molecule has 1 N–H and O–H groups in total. The number of carbonyl (C=O) groups excluding carboxylic acids is 1. The maximum atomic E-state index is 12.6. The molecule has 4 nitrogen and oxygen atoms in total. The van der Waals surface area contributed by atoms with Crippen LogP contribution in [-0.2, 0) is 9.53 Å². The molecule has 1 aliphatic rings. The Bertz CT molecular complexity index is 305. The van der Waals surface area contributed by atoms with Gasteiger partial charge >= 0.3 is 0 Å². The highest BCUT2D eigenvalue weighted by Crippen LogP contribution is 2.23. The normalized spacial score (nSPS) is 25.0. The maximum absolute atomic E-state index is 12.6. The molecule has 3 unspecified atom stereocenters. The number of nitrogens with zero attached hydrogens (tertiary/aromatic N) is 1. The molecule has 0 aromatic rings. The van der Waals surface area contributed by atoms with Crippen molar-refractivity contribution in [3.8, 4) is 0 Å². The van der Waals surface area contributed by atoms with Crippen LogP contribution in [0.4, 0.5) is 0 Å². The van der Waals surface area contributed by atoms with Crippen molar-refractivity contribution in [2.24, 2.45) is 17.8 Å². The molecular weight excluding hydrogens is 252 g/mol. The Labute approximate surface area is 124 Å². The second-order valence-corrected chi connectivity index (χ2v) is 6.72. The second kappa shape index (κ2) is 7.99. The van der Waals surface area contributed by atoms with E-state index in [1.807, 2.05) is 4.90 Å². The van der Waals surface area contributed by atoms with E-state index in [1.54, 1.807) is 0 Å². The first-order valence-corrected chi connectivity index (χ1v) is 8.02. The van der Waals surface area contributed by atoms with Crippen molar-refractivity contribution in [2.45, 2.75) is 60.2 Å². The fourth-order valence-electron chi connectivity index (χ4n) is 2.59. The zero-order chi connectivity index (χ0) is 15.3. The van der Waals surface area contributed by atoms with Gasteiger partial charge in [0.05, 0.1) is 18.8 Å². The lowest BCUT2D eigenvalue weighted by atomic mass is 9.99. The lowest BCUT2D eigenvalue weighted by molar-refractivity contribution is -0.132. The van der Waals surface area contributed by atoms with Gasteiger partial charge in [-0.2, -0.15) is 0 Å². The highest BCUT2D eigenvalue weighted by Gasteiger charge is 2.41. The minimum absolute atomic E-state index is 0.0301. The number of ether oxygens (including phenoxy) is 1. The zero-order valence-corrected chi connectivity index (χ0v) is 14.0. The van der Waals surface area contributed by atoms with Gasteiger partial charge in [-0.25, -0.2) is 0 Å². The van der Waals surface area contributed by atoms with Crippen molar-refractivity contribution in [2.75, 3.05) is 19.8 Å². The summed E-state index contributed by atoms with van der Waals surface area (Å²) in [4.78, 5) is 14.5. The molecule has 0 radical (unpaired) electrons. The Morgan fingerprint density at radius 2 is 1.90 bits per heavy atom. The summed E-state index contributed by atoms with van der Waals surface area (Å²) in [5, 5.41) is 3.51. The summed E-state index contributed by atoms with van der Waals surface area (Å²) >= 11 is 0. The molecule has 0 saturated carbocycles. The average Bonchev–Trinajstić information content (AvgIpc) is 2.71. The maximum Gasteiger partial charge on any atom is 0.241 e. The van der Waals surface area contributed by atoms with Gasteiger partial charge in [-0.15, -0.1) is 0 Å². The SMILES string of the molecule is CCC(C)C1NC(C(C)C)N(CCOCC(C)C)C1=O. The molecule has 0 bridgehead atoms. The molecule has 1 fully saturated rings. The Kier molecular flexibility index (Phi) is 6.96. The van der Waals surface area contributed by atoms with Gasteiger partial charge in [0.1, 0.15) is 0 Å². The smallest absolute Gasteiger partial charge is 0.241 e. The number of hydrogen-bond donors (Lipinski definition) is 1. The van der Waals surface area contributed by atoms with Gasteiger partial charge in [-0.05, 0) is 17.8 Å². The van der Waals surface area contributed by atoms with Gasteiger partial charge in [0.15, 0.2) is 0 Å². The van der Waals surface area contributed by atoms with Crippen molar-refractivity contribution in [3.63, 3.8) is 0 Å². The molecule has 0 aromatic carbocycles. The molecule has 4 heteroatoms. The van der Waals surface area contributed by atoms with Crippen molar-refractivity contribution in [1.29, 1.82) is 0 Å². The van der Waals surface area contributed by atoms with Crippen LogP contribution in [-0.4, -0.2) is 42.8 Å². The predicted octanol–water partition coefficient (Wildman–Crippen LogP) is 2.49. The van der Waals surface area contributed by atoms with Crippen molar-refractivity contribution < 1.29 is 9.53 Å². The van der Waals surface area contributed by atoms with Crippen LogP contribution in [0.2, 0.25) is 0 Å². The average molecular weight is 284 g/mol. The number of rotatable bonds is 8. The summed E-state index contributed by atoms with van der Waals surface area (Å²) in [6.45, 7) is 15.0. The lowest BCUT2D eigenvalue weighted by Crippen LogP contribution is -2.43. The minimum atomic E-state index is -0.0301. The van der Waals surface area contributed by atoms with Crippen LogP contribution < -0.4 is 5.32 Å². The molecule has 3 atom stereocenters. The minimum Gasteiger partial charge on any atom is -0.379 e. The Balaban J connectivity index is 2.58. The third kappa shape index (κ3) is 4.45. The number of amides is 1. The Morgan fingerprint density at radius 1 is 1.25 bits per heavy atom. The van der Waals surface area contributed by atoms with E-state index in [9.17, 15) is 4.79 Å². The second-order valence-electron chi connectivity index (χ2n) is 6.72. The van der Waals surface area contributed by atoms with Crippen molar-refractivity contribution in [1.82, 2.24) is 10.2 Å². The monoisotopic (exact) mass is 284 g/mol. The topological polar surface area (TPSA) is 41.6 Å². The summed E-state index contributed by atoms with van der Waals surface area (Å²) in [6, 6.07) is -0.0301. The molecular formula is C16H32N2O2. The molecule has 118 valence electrons. The summed E-state index contributed by atoms with van der Waals surface area (Å²) in [7, 11) is 0. The molecule has 1 amide bonds. The van der Waals surface area contributed by atoms with E-state index < -0.39 is 0 Å². The molecule has 0 aliphatic carbocycles. The van der Waals surface area contributed by atoms with Gasteiger partial charge in [0.2, 0.25) is 5.91 Å². The predicted molar refractivity (Wildman–Crippen MR) is 82.4 cm³/mol. The van der Waals surface area contributed by atoms with E-state index in [-0.39, 0.29) is 18.1 Å². The number of nitrogens with one attached hydrogen (secondary N) is 1. The van der Waals surface area contributed by atoms with Gasteiger partial charge < -0.3 is 9.64 Å². The summed E-state index contributed by atoms with van der Waals surface area (Å²) < 4.78 is 5.63. The fourth-order valence-corrected chi connectivity index (χ4v) is 2.59. The van der Waals surface area contributed by atoms with E-state index in [0.717, 1.165) is 13.0 Å². The van der Waals surface area contributed by atoms with Crippen LogP contribution in [0.15, 0.2) is 0 Å². The highest BCUT2D eigenvalue weighted by atomic mass is 16.5. The van der Waals surface area contributed by atoms with Crippen LogP contribution in [0.5, 0.6) is 0 Å². The third-order valence-electron chi connectivity index (χ3n) is 4.01. The zero-order valence-electron chi connectivity index (χ0n) is 14.0.